The van der Waals surface area contributed by atoms with Crippen molar-refractivity contribution in [1.82, 2.24) is 15.9 Å². The molecule has 5 N–H and O–H groups in total. The molecule has 2 fully saturated rings. The summed E-state index contributed by atoms with van der Waals surface area (Å²) in [6.45, 7) is 1.55. The zero-order valence-electron chi connectivity index (χ0n) is 20.2. The lowest BCUT2D eigenvalue weighted by Gasteiger charge is -2.36. The van der Waals surface area contributed by atoms with Crippen LogP contribution in [0.15, 0.2) is 93.4 Å². The minimum atomic E-state index is -0.407. The van der Waals surface area contributed by atoms with Crippen molar-refractivity contribution in [2.24, 2.45) is 0 Å². The Balaban J connectivity index is 0.00000280. The summed E-state index contributed by atoms with van der Waals surface area (Å²) in [7, 11) is 0. The van der Waals surface area contributed by atoms with E-state index in [1.165, 1.54) is 5.69 Å². The van der Waals surface area contributed by atoms with Crippen LogP contribution < -0.4 is 16.6 Å². The first-order valence-electron chi connectivity index (χ1n) is 12.1. The number of fused-ring (bicyclic) bond motifs is 2. The molecule has 37 heavy (non-hydrogen) atoms. The normalized spacial score (nSPS) is 19.4. The van der Waals surface area contributed by atoms with E-state index in [9.17, 15) is 9.90 Å². The van der Waals surface area contributed by atoms with Crippen molar-refractivity contribution in [2.75, 3.05) is 18.1 Å². The van der Waals surface area contributed by atoms with E-state index in [1.54, 1.807) is 10.7 Å². The van der Waals surface area contributed by atoms with E-state index in [1.807, 2.05) is 48.5 Å². The maximum absolute atomic E-state index is 13.0. The van der Waals surface area contributed by atoms with E-state index < -0.39 is 6.04 Å². The van der Waals surface area contributed by atoms with E-state index in [2.05, 4.69) is 34.3 Å². The van der Waals surface area contributed by atoms with Gasteiger partial charge in [-0.1, -0.05) is 78.0 Å². The average molecular weight is 537 g/mol. The highest BCUT2D eigenvalue weighted by atomic mass is 35.5. The number of aromatic hydroxyl groups is 1. The molecule has 3 unspecified atom stereocenters. The summed E-state index contributed by atoms with van der Waals surface area (Å²) < 4.78 is 7.29. The van der Waals surface area contributed by atoms with Crippen molar-refractivity contribution < 1.29 is 9.84 Å². The van der Waals surface area contributed by atoms with Crippen molar-refractivity contribution >= 4 is 29.1 Å². The number of H-pyrrole nitrogens is 1. The topological polar surface area (TPSA) is 105 Å². The van der Waals surface area contributed by atoms with Crippen LogP contribution in [-0.4, -0.2) is 40.2 Å². The van der Waals surface area contributed by atoms with Gasteiger partial charge in [0.05, 0.1) is 30.3 Å². The molecule has 2 aliphatic heterocycles. The van der Waals surface area contributed by atoms with Gasteiger partial charge in [-0.15, -0.1) is 0 Å². The Kier molecular flexibility index (Phi) is 7.35. The summed E-state index contributed by atoms with van der Waals surface area (Å²) in [5.41, 5.74) is 2.73. The van der Waals surface area contributed by atoms with Crippen LogP contribution in [0.3, 0.4) is 0 Å². The first-order valence-corrected chi connectivity index (χ1v) is 13.3. The second-order valence-corrected chi connectivity index (χ2v) is 10.7. The molecule has 3 aromatic carbocycles. The van der Waals surface area contributed by atoms with Crippen LogP contribution in [-0.2, 0) is 4.74 Å². The van der Waals surface area contributed by atoms with Gasteiger partial charge < -0.3 is 20.9 Å². The Hall–Kier alpha value is -3.17. The van der Waals surface area contributed by atoms with E-state index in [0.29, 0.717) is 22.0 Å². The summed E-state index contributed by atoms with van der Waals surface area (Å²) in [6, 6.07) is 26.0. The molecule has 7 nitrogen and oxygen atoms in total. The number of hydrogen-bond donors (Lipinski definition) is 3. The standard InChI is InChI=1S/C28H26ClN3O3S.H3N/c29-23-8-4-5-9-24(23)36-26-27(33)30-32(28(26)34)25(18-6-2-1-3-7-18)19-10-12-20(13-11-19)31-21-14-15-22(31)17-35-16-21;/h1-13,21-22,25,34H,14-17H2,(H,30,33);1H3. The zero-order chi connectivity index (χ0) is 24.6. The van der Waals surface area contributed by atoms with E-state index in [0.717, 1.165) is 48.9 Å². The number of anilines is 1. The van der Waals surface area contributed by atoms with Gasteiger partial charge in [-0.05, 0) is 48.2 Å². The first kappa shape index (κ1) is 25.5. The Morgan fingerprint density at radius 1 is 0.919 bits per heavy atom. The molecule has 0 spiro atoms. The SMILES string of the molecule is N.O=c1[nH]n(C(c2ccccc2)c2ccc(N3C4CCC3COC4)cc2)c(O)c1Sc1ccccc1Cl. The van der Waals surface area contributed by atoms with Crippen molar-refractivity contribution in [3.63, 3.8) is 0 Å². The Bertz CT molecular complexity index is 1410. The van der Waals surface area contributed by atoms with Gasteiger partial charge in [0.1, 0.15) is 10.9 Å². The quantitative estimate of drug-likeness (QED) is 0.285. The van der Waals surface area contributed by atoms with Crippen LogP contribution in [0.25, 0.3) is 0 Å². The van der Waals surface area contributed by atoms with Gasteiger partial charge in [0.2, 0.25) is 5.88 Å². The lowest BCUT2D eigenvalue weighted by atomic mass is 9.98. The smallest absolute Gasteiger partial charge is 0.282 e. The summed E-state index contributed by atoms with van der Waals surface area (Å²) >= 11 is 7.47. The van der Waals surface area contributed by atoms with Crippen LogP contribution in [0.2, 0.25) is 5.02 Å². The third-order valence-corrected chi connectivity index (χ3v) is 8.62. The molecular weight excluding hydrogens is 508 g/mol. The van der Waals surface area contributed by atoms with Crippen LogP contribution in [0.4, 0.5) is 5.69 Å². The maximum atomic E-state index is 13.0. The summed E-state index contributed by atoms with van der Waals surface area (Å²) in [5.74, 6) is -0.117. The van der Waals surface area contributed by atoms with E-state index in [4.69, 9.17) is 16.3 Å². The number of nitrogens with one attached hydrogen (secondary N) is 1. The van der Waals surface area contributed by atoms with Gasteiger partial charge in [-0.2, -0.15) is 0 Å². The fourth-order valence-corrected chi connectivity index (χ4v) is 6.46. The van der Waals surface area contributed by atoms with Crippen molar-refractivity contribution in [3.8, 4) is 5.88 Å². The first-order chi connectivity index (χ1) is 17.6. The van der Waals surface area contributed by atoms with Gasteiger partial charge in [-0.25, -0.2) is 4.68 Å². The summed E-state index contributed by atoms with van der Waals surface area (Å²) in [5, 5.41) is 14.6. The molecule has 2 bridgehead atoms. The molecule has 3 atom stereocenters. The summed E-state index contributed by atoms with van der Waals surface area (Å²) in [6.07, 6.45) is 2.31. The predicted molar refractivity (Wildman–Crippen MR) is 148 cm³/mol. The Morgan fingerprint density at radius 3 is 2.22 bits per heavy atom. The molecule has 0 radical (unpaired) electrons. The predicted octanol–water partition coefficient (Wildman–Crippen LogP) is 5.85. The molecule has 0 aliphatic carbocycles. The van der Waals surface area contributed by atoms with E-state index in [-0.39, 0.29) is 22.5 Å². The third kappa shape index (κ3) is 4.78. The van der Waals surface area contributed by atoms with Gasteiger partial charge in [0.25, 0.3) is 5.56 Å². The van der Waals surface area contributed by atoms with Gasteiger partial charge in [0, 0.05) is 10.6 Å². The molecule has 0 saturated carbocycles. The average Bonchev–Trinajstić information content (AvgIpc) is 3.32. The molecule has 6 rings (SSSR count). The van der Waals surface area contributed by atoms with Gasteiger partial charge in [0.15, 0.2) is 0 Å². The molecule has 0 amide bonds. The van der Waals surface area contributed by atoms with Crippen molar-refractivity contribution in [2.45, 2.75) is 40.8 Å². The molecular formula is C28H29ClN4O3S. The highest BCUT2D eigenvalue weighted by Crippen LogP contribution is 2.39. The van der Waals surface area contributed by atoms with E-state index >= 15 is 0 Å². The fraction of sp³-hybridized carbons (Fsp3) is 0.250. The number of hydrogen-bond acceptors (Lipinski definition) is 6. The number of halogens is 1. The minimum Gasteiger partial charge on any atom is -0.493 e. The zero-order valence-corrected chi connectivity index (χ0v) is 21.8. The third-order valence-electron chi connectivity index (χ3n) is 7.03. The molecule has 2 aliphatic rings. The Morgan fingerprint density at radius 2 is 1.54 bits per heavy atom. The number of nitrogens with zero attached hydrogens (tertiary/aromatic N) is 2. The second-order valence-electron chi connectivity index (χ2n) is 9.23. The Labute approximate surface area is 224 Å². The minimum absolute atomic E-state index is 0. The second kappa shape index (κ2) is 10.7. The molecule has 4 aromatic rings. The summed E-state index contributed by atoms with van der Waals surface area (Å²) in [4.78, 5) is 16.4. The molecule has 2 saturated heterocycles. The molecule has 9 heteroatoms. The number of morpholine rings is 1. The molecule has 1 aromatic heterocycles. The van der Waals surface area contributed by atoms with Crippen LogP contribution in [0.1, 0.15) is 30.0 Å². The largest absolute Gasteiger partial charge is 0.493 e. The monoisotopic (exact) mass is 536 g/mol. The maximum Gasteiger partial charge on any atom is 0.282 e. The van der Waals surface area contributed by atoms with Crippen LogP contribution in [0.5, 0.6) is 5.88 Å². The fourth-order valence-electron chi connectivity index (χ4n) is 5.35. The van der Waals surface area contributed by atoms with Crippen molar-refractivity contribution in [1.29, 1.82) is 0 Å². The lowest BCUT2D eigenvalue weighted by Crippen LogP contribution is -2.45. The number of benzene rings is 3. The number of rotatable bonds is 6. The number of ether oxygens (including phenoxy) is 1. The highest BCUT2D eigenvalue weighted by molar-refractivity contribution is 7.99. The lowest BCUT2D eigenvalue weighted by molar-refractivity contribution is 0.0906. The van der Waals surface area contributed by atoms with Gasteiger partial charge in [-0.3, -0.25) is 9.89 Å². The molecule has 192 valence electrons. The van der Waals surface area contributed by atoms with Crippen LogP contribution >= 0.6 is 23.4 Å². The van der Waals surface area contributed by atoms with Gasteiger partial charge >= 0.3 is 0 Å². The highest BCUT2D eigenvalue weighted by Gasteiger charge is 2.37. The number of aromatic amines is 1. The van der Waals surface area contributed by atoms with Crippen molar-refractivity contribution in [3.05, 3.63) is 105 Å². The molecule has 3 heterocycles. The van der Waals surface area contributed by atoms with Crippen LogP contribution in [0, 0.1) is 0 Å². The number of aromatic nitrogens is 2.